The molecule has 1 fully saturated rings. The maximum atomic E-state index is 12.6. The lowest BCUT2D eigenvalue weighted by molar-refractivity contribution is 0.327. The third-order valence-corrected chi connectivity index (χ3v) is 6.07. The van der Waals surface area contributed by atoms with Gasteiger partial charge in [-0.25, -0.2) is 13.1 Å². The van der Waals surface area contributed by atoms with Crippen LogP contribution >= 0.6 is 0 Å². The van der Waals surface area contributed by atoms with Gasteiger partial charge in [0.1, 0.15) is 17.2 Å². The van der Waals surface area contributed by atoms with E-state index < -0.39 is 10.0 Å². The van der Waals surface area contributed by atoms with E-state index in [0.29, 0.717) is 24.0 Å². The molecule has 1 heterocycles. The molecule has 3 rings (SSSR count). The predicted molar refractivity (Wildman–Crippen MR) is 100 cm³/mol. The van der Waals surface area contributed by atoms with Crippen LogP contribution in [-0.2, 0) is 10.0 Å². The number of hydrogen-bond donors (Lipinski definition) is 2. The molecule has 0 bridgehead atoms. The average molecular weight is 376 g/mol. The highest BCUT2D eigenvalue weighted by Gasteiger charge is 2.26. The van der Waals surface area contributed by atoms with Crippen LogP contribution in [0.4, 0.5) is 0 Å². The molecule has 140 valence electrons. The molecule has 1 aliphatic rings. The van der Waals surface area contributed by atoms with Gasteiger partial charge < -0.3 is 14.8 Å². The van der Waals surface area contributed by atoms with Crippen LogP contribution in [0.3, 0.4) is 0 Å². The summed E-state index contributed by atoms with van der Waals surface area (Å²) in [5.41, 5.74) is 0. The topological polar surface area (TPSA) is 76.7 Å². The number of piperidine rings is 1. The summed E-state index contributed by atoms with van der Waals surface area (Å²) in [5, 5.41) is 3.23. The van der Waals surface area contributed by atoms with Crippen molar-refractivity contribution in [3.05, 3.63) is 48.5 Å². The molecule has 2 aromatic carbocycles. The van der Waals surface area contributed by atoms with Crippen LogP contribution in [-0.4, -0.2) is 34.7 Å². The maximum Gasteiger partial charge on any atom is 0.240 e. The first-order valence-corrected chi connectivity index (χ1v) is 10.1. The second-order valence-corrected chi connectivity index (χ2v) is 8.16. The fourth-order valence-corrected chi connectivity index (χ4v) is 4.23. The summed E-state index contributed by atoms with van der Waals surface area (Å²) in [5.74, 6) is 2.28. The van der Waals surface area contributed by atoms with Crippen molar-refractivity contribution in [1.29, 1.82) is 0 Å². The normalized spacial score (nSPS) is 20.5. The monoisotopic (exact) mass is 376 g/mol. The Balaban J connectivity index is 1.67. The highest BCUT2D eigenvalue weighted by molar-refractivity contribution is 7.89. The van der Waals surface area contributed by atoms with Crippen LogP contribution in [0.1, 0.15) is 13.3 Å². The van der Waals surface area contributed by atoms with Gasteiger partial charge in [0.2, 0.25) is 10.0 Å². The minimum Gasteiger partial charge on any atom is -0.497 e. The second-order valence-electron chi connectivity index (χ2n) is 6.45. The van der Waals surface area contributed by atoms with E-state index in [0.717, 1.165) is 18.7 Å². The van der Waals surface area contributed by atoms with Crippen molar-refractivity contribution in [2.24, 2.45) is 5.92 Å². The first-order chi connectivity index (χ1) is 12.5. The first-order valence-electron chi connectivity index (χ1n) is 8.63. The largest absolute Gasteiger partial charge is 0.497 e. The number of ether oxygens (including phenoxy) is 2. The highest BCUT2D eigenvalue weighted by Crippen LogP contribution is 2.25. The molecule has 2 unspecified atom stereocenters. The fourth-order valence-electron chi connectivity index (χ4n) is 2.88. The van der Waals surface area contributed by atoms with Gasteiger partial charge in [-0.1, -0.05) is 6.92 Å². The lowest BCUT2D eigenvalue weighted by atomic mass is 9.96. The molecule has 0 saturated carbocycles. The van der Waals surface area contributed by atoms with Crippen LogP contribution in [0.25, 0.3) is 0 Å². The molecule has 7 heteroatoms. The van der Waals surface area contributed by atoms with Gasteiger partial charge in [-0.3, -0.25) is 0 Å². The molecular weight excluding hydrogens is 352 g/mol. The van der Waals surface area contributed by atoms with Crippen molar-refractivity contribution < 1.29 is 17.9 Å². The third kappa shape index (κ3) is 4.55. The Bertz CT molecular complexity index is 820. The predicted octanol–water partition coefficient (Wildman–Crippen LogP) is 2.76. The van der Waals surface area contributed by atoms with E-state index in [1.54, 1.807) is 55.6 Å². The van der Waals surface area contributed by atoms with E-state index >= 15 is 0 Å². The zero-order valence-electron chi connectivity index (χ0n) is 14.9. The van der Waals surface area contributed by atoms with E-state index in [9.17, 15) is 8.42 Å². The van der Waals surface area contributed by atoms with Gasteiger partial charge in [0.05, 0.1) is 12.0 Å². The number of sulfonamides is 1. The van der Waals surface area contributed by atoms with Crippen molar-refractivity contribution in [3.8, 4) is 17.2 Å². The lowest BCUT2D eigenvalue weighted by Crippen LogP contribution is -2.50. The van der Waals surface area contributed by atoms with Crippen LogP contribution in [0.15, 0.2) is 53.4 Å². The fraction of sp³-hybridized carbons (Fsp3) is 0.368. The van der Waals surface area contributed by atoms with E-state index in [1.165, 1.54) is 0 Å². The van der Waals surface area contributed by atoms with E-state index in [-0.39, 0.29) is 10.9 Å². The summed E-state index contributed by atoms with van der Waals surface area (Å²) in [4.78, 5) is 0.234. The average Bonchev–Trinajstić information content (AvgIpc) is 2.65. The van der Waals surface area contributed by atoms with Gasteiger partial charge in [-0.05, 0) is 67.4 Å². The Morgan fingerprint density at radius 3 is 2.15 bits per heavy atom. The summed E-state index contributed by atoms with van der Waals surface area (Å²) in [6.07, 6.45) is 0.960. The standard InChI is InChI=1S/C19H24N2O4S/c1-14-11-12-20-13-19(14)21-26(22,23)18-9-7-17(8-10-18)25-16-5-3-15(24-2)4-6-16/h3-10,14,19-21H,11-13H2,1-2H3. The minimum absolute atomic E-state index is 0.0935. The smallest absolute Gasteiger partial charge is 0.240 e. The molecule has 2 aromatic rings. The molecule has 2 atom stereocenters. The Morgan fingerprint density at radius 1 is 1.00 bits per heavy atom. The Kier molecular flexibility index (Phi) is 5.80. The lowest BCUT2D eigenvalue weighted by Gasteiger charge is -2.29. The molecule has 0 amide bonds. The van der Waals surface area contributed by atoms with Crippen LogP contribution in [0, 0.1) is 5.92 Å². The van der Waals surface area contributed by atoms with Gasteiger partial charge in [-0.2, -0.15) is 0 Å². The van der Waals surface area contributed by atoms with E-state index in [1.807, 2.05) is 0 Å². The molecule has 0 aliphatic carbocycles. The van der Waals surface area contributed by atoms with Gasteiger partial charge in [-0.15, -0.1) is 0 Å². The number of benzene rings is 2. The van der Waals surface area contributed by atoms with Crippen molar-refractivity contribution in [1.82, 2.24) is 10.0 Å². The van der Waals surface area contributed by atoms with Crippen molar-refractivity contribution in [2.75, 3.05) is 20.2 Å². The molecule has 6 nitrogen and oxygen atoms in total. The summed E-state index contributed by atoms with van der Waals surface area (Å²) in [7, 11) is -1.95. The molecule has 26 heavy (non-hydrogen) atoms. The second kappa shape index (κ2) is 8.07. The molecule has 0 spiro atoms. The Labute approximate surface area is 154 Å². The van der Waals surface area contributed by atoms with Crippen molar-refractivity contribution >= 4 is 10.0 Å². The van der Waals surface area contributed by atoms with Crippen molar-refractivity contribution in [3.63, 3.8) is 0 Å². The Morgan fingerprint density at radius 2 is 1.58 bits per heavy atom. The SMILES string of the molecule is COc1ccc(Oc2ccc(S(=O)(=O)NC3CNCCC3C)cc2)cc1. The summed E-state index contributed by atoms with van der Waals surface area (Å²) in [6, 6.07) is 13.5. The summed E-state index contributed by atoms with van der Waals surface area (Å²) < 4.78 is 38.8. The minimum atomic E-state index is -3.55. The number of nitrogens with one attached hydrogen (secondary N) is 2. The molecular formula is C19H24N2O4S. The van der Waals surface area contributed by atoms with Gasteiger partial charge in [0.15, 0.2) is 0 Å². The van der Waals surface area contributed by atoms with Crippen LogP contribution in [0.5, 0.6) is 17.2 Å². The molecule has 1 aliphatic heterocycles. The van der Waals surface area contributed by atoms with Crippen molar-refractivity contribution in [2.45, 2.75) is 24.3 Å². The third-order valence-electron chi connectivity index (χ3n) is 4.56. The van der Waals surface area contributed by atoms with Gasteiger partial charge >= 0.3 is 0 Å². The summed E-state index contributed by atoms with van der Waals surface area (Å²) >= 11 is 0. The summed E-state index contributed by atoms with van der Waals surface area (Å²) in [6.45, 7) is 3.65. The van der Waals surface area contributed by atoms with Crippen LogP contribution < -0.4 is 19.5 Å². The zero-order chi connectivity index (χ0) is 18.6. The number of methoxy groups -OCH3 is 1. The quantitative estimate of drug-likeness (QED) is 0.811. The molecule has 0 aromatic heterocycles. The zero-order valence-corrected chi connectivity index (χ0v) is 15.8. The maximum absolute atomic E-state index is 12.6. The molecule has 2 N–H and O–H groups in total. The van der Waals surface area contributed by atoms with Gasteiger partial charge in [0.25, 0.3) is 0 Å². The highest BCUT2D eigenvalue weighted by atomic mass is 32.2. The van der Waals surface area contributed by atoms with Gasteiger partial charge in [0, 0.05) is 12.6 Å². The molecule has 1 saturated heterocycles. The number of hydrogen-bond acceptors (Lipinski definition) is 5. The Hall–Kier alpha value is -2.09. The van der Waals surface area contributed by atoms with E-state index in [2.05, 4.69) is 17.0 Å². The first kappa shape index (κ1) is 18.7. The number of rotatable bonds is 6. The van der Waals surface area contributed by atoms with Crippen LogP contribution in [0.2, 0.25) is 0 Å². The van der Waals surface area contributed by atoms with E-state index in [4.69, 9.17) is 9.47 Å². The molecule has 0 radical (unpaired) electrons.